The van der Waals surface area contributed by atoms with Gasteiger partial charge in [0.25, 0.3) is 0 Å². The van der Waals surface area contributed by atoms with Gasteiger partial charge in [0.15, 0.2) is 0 Å². The Morgan fingerprint density at radius 3 is 2.74 bits per heavy atom. The molecule has 0 aliphatic carbocycles. The molecule has 0 spiro atoms. The summed E-state index contributed by atoms with van der Waals surface area (Å²) in [5.41, 5.74) is 0.971. The summed E-state index contributed by atoms with van der Waals surface area (Å²) in [6.07, 6.45) is 1.33. The summed E-state index contributed by atoms with van der Waals surface area (Å²) in [5.74, 6) is -0.198. The molecular weight excluding hydrogens is 310 g/mol. The smallest absolute Gasteiger partial charge is 0.305 e. The first kappa shape index (κ1) is 15.7. The minimum Gasteiger partial charge on any atom is -0.469 e. The van der Waals surface area contributed by atoms with Crippen LogP contribution in [-0.4, -0.2) is 37.5 Å². The fourth-order valence-electron chi connectivity index (χ4n) is 1.64. The van der Waals surface area contributed by atoms with E-state index in [0.29, 0.717) is 25.8 Å². The maximum atomic E-state index is 12.0. The highest BCUT2D eigenvalue weighted by atomic mass is 79.9. The number of hydrogen-bond acceptors (Lipinski definition) is 3. The summed E-state index contributed by atoms with van der Waals surface area (Å²) in [4.78, 5) is 24.6. The van der Waals surface area contributed by atoms with E-state index in [-0.39, 0.29) is 11.9 Å². The van der Waals surface area contributed by atoms with Gasteiger partial charge in [-0.25, -0.2) is 0 Å². The third kappa shape index (κ3) is 5.87. The molecule has 0 radical (unpaired) electrons. The Hall–Kier alpha value is -1.36. The number of carbonyl (C=O) groups is 2. The van der Waals surface area contributed by atoms with Gasteiger partial charge in [-0.2, -0.15) is 0 Å². The highest BCUT2D eigenvalue weighted by molar-refractivity contribution is 9.10. The van der Waals surface area contributed by atoms with Crippen molar-refractivity contribution in [2.45, 2.75) is 19.3 Å². The zero-order valence-electron chi connectivity index (χ0n) is 11.2. The molecule has 1 aromatic carbocycles. The number of likely N-dealkylation sites (N-methyl/N-ethyl adjacent to an activating group) is 1. The van der Waals surface area contributed by atoms with E-state index in [1.54, 1.807) is 11.9 Å². The molecule has 1 aromatic rings. The average molecular weight is 328 g/mol. The second-order valence-electron chi connectivity index (χ2n) is 4.30. The second kappa shape index (κ2) is 7.94. The molecule has 1 rings (SSSR count). The van der Waals surface area contributed by atoms with Crippen LogP contribution in [0.4, 0.5) is 0 Å². The summed E-state index contributed by atoms with van der Waals surface area (Å²) < 4.78 is 5.52. The van der Waals surface area contributed by atoms with Crippen LogP contribution >= 0.6 is 15.9 Å². The van der Waals surface area contributed by atoms with Crippen LogP contribution in [0, 0.1) is 0 Å². The van der Waals surface area contributed by atoms with Crippen molar-refractivity contribution in [3.63, 3.8) is 0 Å². The van der Waals surface area contributed by atoms with Gasteiger partial charge in [0, 0.05) is 24.5 Å². The Kier molecular flexibility index (Phi) is 6.56. The van der Waals surface area contributed by atoms with Gasteiger partial charge in [-0.1, -0.05) is 28.1 Å². The minimum atomic E-state index is -0.243. The van der Waals surface area contributed by atoms with Gasteiger partial charge in [0.05, 0.1) is 13.5 Å². The zero-order valence-corrected chi connectivity index (χ0v) is 12.8. The Labute approximate surface area is 121 Å². The predicted octanol–water partition coefficient (Wildman–Crippen LogP) is 2.40. The standard InChI is InChI=1S/C14H18BrNO3/c1-16(8-4-7-14(18)19-2)13(17)10-11-5-3-6-12(15)9-11/h3,5-6,9H,4,7-8,10H2,1-2H3. The quantitative estimate of drug-likeness (QED) is 0.754. The van der Waals surface area contributed by atoms with Gasteiger partial charge in [0.1, 0.15) is 0 Å². The van der Waals surface area contributed by atoms with Crippen LogP contribution in [0.25, 0.3) is 0 Å². The monoisotopic (exact) mass is 327 g/mol. The first-order chi connectivity index (χ1) is 9.02. The lowest BCUT2D eigenvalue weighted by Crippen LogP contribution is -2.29. The summed E-state index contributed by atoms with van der Waals surface area (Å²) in [7, 11) is 3.11. The molecule has 0 N–H and O–H groups in total. The van der Waals surface area contributed by atoms with Crippen LogP contribution in [0.2, 0.25) is 0 Å². The van der Waals surface area contributed by atoms with Crippen LogP contribution in [0.5, 0.6) is 0 Å². The van der Waals surface area contributed by atoms with Gasteiger partial charge in [-0.15, -0.1) is 0 Å². The van der Waals surface area contributed by atoms with Gasteiger partial charge in [-0.3, -0.25) is 9.59 Å². The van der Waals surface area contributed by atoms with E-state index in [1.807, 2.05) is 24.3 Å². The Balaban J connectivity index is 2.38. The largest absolute Gasteiger partial charge is 0.469 e. The molecule has 4 nitrogen and oxygen atoms in total. The maximum Gasteiger partial charge on any atom is 0.305 e. The molecule has 5 heteroatoms. The highest BCUT2D eigenvalue weighted by Gasteiger charge is 2.10. The molecule has 0 bridgehead atoms. The number of amides is 1. The number of ether oxygens (including phenoxy) is 1. The Morgan fingerprint density at radius 2 is 2.11 bits per heavy atom. The molecule has 104 valence electrons. The van der Waals surface area contributed by atoms with Crippen molar-refractivity contribution in [3.05, 3.63) is 34.3 Å². The van der Waals surface area contributed by atoms with Crippen molar-refractivity contribution in [1.29, 1.82) is 0 Å². The van der Waals surface area contributed by atoms with E-state index in [0.717, 1.165) is 10.0 Å². The molecule has 0 saturated carbocycles. The van der Waals surface area contributed by atoms with Gasteiger partial charge in [-0.05, 0) is 24.1 Å². The second-order valence-corrected chi connectivity index (χ2v) is 5.22. The third-order valence-electron chi connectivity index (χ3n) is 2.77. The van der Waals surface area contributed by atoms with Gasteiger partial charge >= 0.3 is 5.97 Å². The van der Waals surface area contributed by atoms with E-state index in [1.165, 1.54) is 7.11 Å². The normalized spacial score (nSPS) is 10.1. The van der Waals surface area contributed by atoms with E-state index in [9.17, 15) is 9.59 Å². The highest BCUT2D eigenvalue weighted by Crippen LogP contribution is 2.12. The number of methoxy groups -OCH3 is 1. The molecule has 0 aliphatic rings. The van der Waals surface area contributed by atoms with Crippen LogP contribution in [0.1, 0.15) is 18.4 Å². The van der Waals surface area contributed by atoms with Gasteiger partial charge < -0.3 is 9.64 Å². The third-order valence-corrected chi connectivity index (χ3v) is 3.27. The van der Waals surface area contributed by atoms with E-state index in [4.69, 9.17) is 0 Å². The summed E-state index contributed by atoms with van der Waals surface area (Å²) in [6, 6.07) is 7.68. The number of hydrogen-bond donors (Lipinski definition) is 0. The summed E-state index contributed by atoms with van der Waals surface area (Å²) in [5, 5.41) is 0. The number of nitrogens with zero attached hydrogens (tertiary/aromatic N) is 1. The lowest BCUT2D eigenvalue weighted by Gasteiger charge is -2.16. The molecule has 0 aliphatic heterocycles. The molecule has 19 heavy (non-hydrogen) atoms. The lowest BCUT2D eigenvalue weighted by molar-refractivity contribution is -0.141. The van der Waals surface area contributed by atoms with E-state index < -0.39 is 0 Å². The van der Waals surface area contributed by atoms with Crippen LogP contribution in [0.15, 0.2) is 28.7 Å². The Morgan fingerprint density at radius 1 is 1.37 bits per heavy atom. The van der Waals surface area contributed by atoms with Crippen molar-refractivity contribution < 1.29 is 14.3 Å². The topological polar surface area (TPSA) is 46.6 Å². The molecule has 0 atom stereocenters. The number of esters is 1. The number of rotatable bonds is 6. The summed E-state index contributed by atoms with van der Waals surface area (Å²) >= 11 is 3.38. The van der Waals surface area contributed by atoms with Crippen LogP contribution in [-0.2, 0) is 20.7 Å². The molecular formula is C14H18BrNO3. The van der Waals surface area contributed by atoms with Crippen molar-refractivity contribution in [2.75, 3.05) is 20.7 Å². The number of carbonyl (C=O) groups excluding carboxylic acids is 2. The van der Waals surface area contributed by atoms with Crippen molar-refractivity contribution in [1.82, 2.24) is 4.90 Å². The van der Waals surface area contributed by atoms with Gasteiger partial charge in [0.2, 0.25) is 5.91 Å². The van der Waals surface area contributed by atoms with Crippen LogP contribution in [0.3, 0.4) is 0 Å². The van der Waals surface area contributed by atoms with Crippen molar-refractivity contribution in [3.8, 4) is 0 Å². The lowest BCUT2D eigenvalue weighted by atomic mass is 10.1. The first-order valence-corrected chi connectivity index (χ1v) is 6.87. The van der Waals surface area contributed by atoms with Crippen molar-refractivity contribution >= 4 is 27.8 Å². The predicted molar refractivity (Wildman–Crippen MR) is 76.7 cm³/mol. The molecule has 0 saturated heterocycles. The van der Waals surface area contributed by atoms with E-state index >= 15 is 0 Å². The van der Waals surface area contributed by atoms with Crippen molar-refractivity contribution in [2.24, 2.45) is 0 Å². The summed E-state index contributed by atoms with van der Waals surface area (Å²) in [6.45, 7) is 0.557. The minimum absolute atomic E-state index is 0.0444. The maximum absolute atomic E-state index is 12.0. The van der Waals surface area contributed by atoms with Crippen LogP contribution < -0.4 is 0 Å². The average Bonchev–Trinajstić information content (AvgIpc) is 2.38. The zero-order chi connectivity index (χ0) is 14.3. The molecule has 0 heterocycles. The fourth-order valence-corrected chi connectivity index (χ4v) is 2.09. The Bertz CT molecular complexity index is 448. The first-order valence-electron chi connectivity index (χ1n) is 6.08. The number of benzene rings is 1. The molecule has 0 unspecified atom stereocenters. The fraction of sp³-hybridized carbons (Fsp3) is 0.429. The molecule has 0 fully saturated rings. The molecule has 0 aromatic heterocycles. The number of halogens is 1. The molecule has 1 amide bonds. The van der Waals surface area contributed by atoms with E-state index in [2.05, 4.69) is 20.7 Å². The SMILES string of the molecule is COC(=O)CCCN(C)C(=O)Cc1cccc(Br)c1.